The maximum atomic E-state index is 13.9. The van der Waals surface area contributed by atoms with Crippen LogP contribution in [0.15, 0.2) is 33.5 Å². The van der Waals surface area contributed by atoms with Crippen molar-refractivity contribution in [1.82, 2.24) is 0 Å². The molecule has 0 aliphatic heterocycles. The fraction of sp³-hybridized carbons (Fsp3) is 0.0714. The lowest BCUT2D eigenvalue weighted by Gasteiger charge is -2.07. The molecule has 0 bridgehead atoms. The molecule has 0 unspecified atom stereocenters. The van der Waals surface area contributed by atoms with E-state index in [1.165, 1.54) is 6.07 Å². The summed E-state index contributed by atoms with van der Waals surface area (Å²) >= 11 is 0. The summed E-state index contributed by atoms with van der Waals surface area (Å²) in [6.07, 6.45) is 0. The zero-order valence-corrected chi connectivity index (χ0v) is 9.83. The Morgan fingerprint density at radius 2 is 1.95 bits per heavy atom. The number of aromatic hydroxyl groups is 1. The van der Waals surface area contributed by atoms with Crippen LogP contribution in [0, 0.1) is 18.6 Å². The number of rotatable bonds is 0. The molecular formula is C14H8F2O3. The predicted molar refractivity (Wildman–Crippen MR) is 66.3 cm³/mol. The molecule has 0 aliphatic rings. The van der Waals surface area contributed by atoms with Crippen molar-refractivity contribution < 1.29 is 18.3 Å². The van der Waals surface area contributed by atoms with Crippen LogP contribution in [-0.2, 0) is 0 Å². The number of phenols is 1. The Kier molecular flexibility index (Phi) is 2.32. The molecule has 19 heavy (non-hydrogen) atoms. The van der Waals surface area contributed by atoms with Gasteiger partial charge in [-0.25, -0.2) is 9.18 Å². The van der Waals surface area contributed by atoms with Crippen molar-refractivity contribution >= 4 is 21.7 Å². The number of phenolic OH excluding ortho intramolecular Hbond substituents is 1. The highest BCUT2D eigenvalue weighted by Gasteiger charge is 2.19. The van der Waals surface area contributed by atoms with Crippen LogP contribution in [0.3, 0.4) is 0 Å². The fourth-order valence-electron chi connectivity index (χ4n) is 2.23. The van der Waals surface area contributed by atoms with E-state index in [1.807, 2.05) is 0 Å². The summed E-state index contributed by atoms with van der Waals surface area (Å²) in [5.41, 5.74) is -0.717. The molecule has 5 heteroatoms. The Balaban J connectivity index is 2.73. The first-order valence-electron chi connectivity index (χ1n) is 5.54. The predicted octanol–water partition coefficient (Wildman–Crippen LogP) is 3.24. The lowest BCUT2D eigenvalue weighted by Crippen LogP contribution is -2.03. The Morgan fingerprint density at radius 1 is 1.21 bits per heavy atom. The summed E-state index contributed by atoms with van der Waals surface area (Å²) in [5, 5.41) is 9.57. The van der Waals surface area contributed by atoms with Crippen LogP contribution in [0.2, 0.25) is 0 Å². The summed E-state index contributed by atoms with van der Waals surface area (Å²) in [6, 6.07) is 5.50. The van der Waals surface area contributed by atoms with Gasteiger partial charge in [-0.05, 0) is 12.5 Å². The van der Waals surface area contributed by atoms with Crippen molar-refractivity contribution in [3.05, 3.63) is 51.9 Å². The lowest BCUT2D eigenvalue weighted by atomic mass is 10.0. The van der Waals surface area contributed by atoms with Crippen molar-refractivity contribution in [2.45, 2.75) is 6.92 Å². The van der Waals surface area contributed by atoms with Crippen molar-refractivity contribution in [3.63, 3.8) is 0 Å². The van der Waals surface area contributed by atoms with Gasteiger partial charge in [0.25, 0.3) is 0 Å². The van der Waals surface area contributed by atoms with Crippen LogP contribution in [0.5, 0.6) is 5.75 Å². The van der Waals surface area contributed by atoms with E-state index in [1.54, 1.807) is 19.1 Å². The SMILES string of the molecule is Cc1cccc2c1c(=O)oc1c(F)c(O)cc(F)c12. The lowest BCUT2D eigenvalue weighted by molar-refractivity contribution is 0.421. The Bertz CT molecular complexity index is 881. The average Bonchev–Trinajstić information content (AvgIpc) is 2.35. The van der Waals surface area contributed by atoms with E-state index in [4.69, 9.17) is 4.42 Å². The highest BCUT2D eigenvalue weighted by atomic mass is 19.1. The van der Waals surface area contributed by atoms with Gasteiger partial charge in [0, 0.05) is 11.5 Å². The van der Waals surface area contributed by atoms with Crippen LogP contribution >= 0.6 is 0 Å². The molecule has 2 aromatic carbocycles. The van der Waals surface area contributed by atoms with Gasteiger partial charge in [0.15, 0.2) is 11.3 Å². The van der Waals surface area contributed by atoms with Crippen molar-refractivity contribution in [3.8, 4) is 5.75 Å². The zero-order chi connectivity index (χ0) is 13.7. The summed E-state index contributed by atoms with van der Waals surface area (Å²) in [6.45, 7) is 1.68. The molecule has 0 spiro atoms. The molecule has 96 valence electrons. The fourth-order valence-corrected chi connectivity index (χ4v) is 2.23. The number of hydrogen-bond acceptors (Lipinski definition) is 3. The highest BCUT2D eigenvalue weighted by molar-refractivity contribution is 6.06. The van der Waals surface area contributed by atoms with Gasteiger partial charge in [-0.15, -0.1) is 0 Å². The minimum Gasteiger partial charge on any atom is -0.505 e. The third-order valence-electron chi connectivity index (χ3n) is 3.09. The van der Waals surface area contributed by atoms with Crippen LogP contribution in [0.1, 0.15) is 5.56 Å². The normalized spacial score (nSPS) is 11.3. The van der Waals surface area contributed by atoms with E-state index < -0.39 is 28.6 Å². The first-order chi connectivity index (χ1) is 9.00. The van der Waals surface area contributed by atoms with Crippen LogP contribution in [0.4, 0.5) is 8.78 Å². The van der Waals surface area contributed by atoms with E-state index in [0.717, 1.165) is 0 Å². The second-order valence-corrected chi connectivity index (χ2v) is 4.28. The largest absolute Gasteiger partial charge is 0.505 e. The molecule has 1 N–H and O–H groups in total. The van der Waals surface area contributed by atoms with E-state index in [2.05, 4.69) is 0 Å². The van der Waals surface area contributed by atoms with Crippen LogP contribution < -0.4 is 5.63 Å². The average molecular weight is 262 g/mol. The van der Waals surface area contributed by atoms with E-state index in [9.17, 15) is 18.7 Å². The Labute approximate surface area is 105 Å². The van der Waals surface area contributed by atoms with Gasteiger partial charge < -0.3 is 9.52 Å². The molecule has 0 fully saturated rings. The summed E-state index contributed by atoms with van der Waals surface area (Å²) in [4.78, 5) is 11.9. The monoisotopic (exact) mass is 262 g/mol. The van der Waals surface area contributed by atoms with Gasteiger partial charge in [-0.1, -0.05) is 18.2 Å². The minimum atomic E-state index is -1.14. The molecule has 3 nitrogen and oxygen atoms in total. The molecule has 0 atom stereocenters. The maximum Gasteiger partial charge on any atom is 0.344 e. The van der Waals surface area contributed by atoms with Gasteiger partial charge in [0.2, 0.25) is 5.82 Å². The van der Waals surface area contributed by atoms with Gasteiger partial charge in [-0.2, -0.15) is 4.39 Å². The topological polar surface area (TPSA) is 50.4 Å². The number of aryl methyl sites for hydroxylation is 1. The Morgan fingerprint density at radius 3 is 2.68 bits per heavy atom. The van der Waals surface area contributed by atoms with Gasteiger partial charge >= 0.3 is 5.63 Å². The first-order valence-corrected chi connectivity index (χ1v) is 5.54. The molecule has 0 saturated carbocycles. The molecule has 0 amide bonds. The van der Waals surface area contributed by atoms with Crippen molar-refractivity contribution in [2.24, 2.45) is 0 Å². The second kappa shape index (κ2) is 3.78. The van der Waals surface area contributed by atoms with Gasteiger partial charge in [-0.3, -0.25) is 0 Å². The third-order valence-corrected chi connectivity index (χ3v) is 3.09. The van der Waals surface area contributed by atoms with E-state index in [0.29, 0.717) is 11.6 Å². The molecule has 0 aliphatic carbocycles. The maximum absolute atomic E-state index is 13.9. The van der Waals surface area contributed by atoms with Gasteiger partial charge in [0.05, 0.1) is 10.8 Å². The Hall–Kier alpha value is -2.43. The highest BCUT2D eigenvalue weighted by Crippen LogP contribution is 2.32. The van der Waals surface area contributed by atoms with Crippen LogP contribution in [0.25, 0.3) is 21.7 Å². The number of fused-ring (bicyclic) bond motifs is 3. The number of halogens is 2. The van der Waals surface area contributed by atoms with Crippen molar-refractivity contribution in [1.29, 1.82) is 0 Å². The molecule has 3 rings (SSSR count). The van der Waals surface area contributed by atoms with E-state index in [-0.39, 0.29) is 16.2 Å². The molecule has 3 aromatic rings. The second-order valence-electron chi connectivity index (χ2n) is 4.28. The van der Waals surface area contributed by atoms with Crippen LogP contribution in [-0.4, -0.2) is 5.11 Å². The molecule has 0 radical (unpaired) electrons. The quantitative estimate of drug-likeness (QED) is 0.500. The first kappa shape index (κ1) is 11.6. The zero-order valence-electron chi connectivity index (χ0n) is 9.83. The molecular weight excluding hydrogens is 254 g/mol. The summed E-state index contributed by atoms with van der Waals surface area (Å²) < 4.78 is 32.5. The molecule has 0 saturated heterocycles. The molecule has 1 aromatic heterocycles. The number of hydrogen-bond donors (Lipinski definition) is 1. The summed E-state index contributed by atoms with van der Waals surface area (Å²) in [5.74, 6) is -2.87. The van der Waals surface area contributed by atoms with Gasteiger partial charge in [0.1, 0.15) is 5.82 Å². The third kappa shape index (κ3) is 1.51. The number of benzene rings is 2. The van der Waals surface area contributed by atoms with E-state index >= 15 is 0 Å². The minimum absolute atomic E-state index is 0.145. The molecule has 1 heterocycles. The summed E-state index contributed by atoms with van der Waals surface area (Å²) in [7, 11) is 0. The standard InChI is InChI=1S/C14H8F2O3/c1-6-3-2-4-7-10(6)14(18)19-13-11(7)8(15)5-9(17)12(13)16/h2-5,17H,1H3. The smallest absolute Gasteiger partial charge is 0.344 e. The van der Waals surface area contributed by atoms with Crippen molar-refractivity contribution in [2.75, 3.05) is 0 Å².